The first kappa shape index (κ1) is 15.1. The molecule has 20 heavy (non-hydrogen) atoms. The summed E-state index contributed by atoms with van der Waals surface area (Å²) in [5, 5.41) is 12.6. The summed E-state index contributed by atoms with van der Waals surface area (Å²) in [7, 11) is 0. The number of nitrogens with zero attached hydrogens (tertiary/aromatic N) is 1. The van der Waals surface area contributed by atoms with Crippen molar-refractivity contribution in [1.29, 1.82) is 0 Å². The fourth-order valence-electron chi connectivity index (χ4n) is 2.28. The lowest BCUT2D eigenvalue weighted by molar-refractivity contribution is -0.143. The van der Waals surface area contributed by atoms with Gasteiger partial charge in [-0.1, -0.05) is 23.2 Å². The van der Waals surface area contributed by atoms with Gasteiger partial charge in [-0.2, -0.15) is 0 Å². The van der Waals surface area contributed by atoms with E-state index in [0.29, 0.717) is 29.7 Å². The minimum absolute atomic E-state index is 0.222. The van der Waals surface area contributed by atoms with Gasteiger partial charge in [0.1, 0.15) is 6.04 Å². The maximum Gasteiger partial charge on any atom is 0.305 e. The molecule has 1 fully saturated rings. The Morgan fingerprint density at radius 2 is 2.00 bits per heavy atom. The normalized spacial score (nSPS) is 19.7. The van der Waals surface area contributed by atoms with Crippen LogP contribution in [0.2, 0.25) is 10.0 Å². The molecule has 1 unspecified atom stereocenters. The highest BCUT2D eigenvalue weighted by Crippen LogP contribution is 2.21. The van der Waals surface area contributed by atoms with Crippen LogP contribution in [0.5, 0.6) is 0 Å². The van der Waals surface area contributed by atoms with Gasteiger partial charge in [-0.05, 0) is 23.8 Å². The Hall–Kier alpha value is -1.30. The summed E-state index contributed by atoms with van der Waals surface area (Å²) in [5.41, 5.74) is 0.854. The van der Waals surface area contributed by atoms with E-state index in [4.69, 9.17) is 28.3 Å². The summed E-state index contributed by atoms with van der Waals surface area (Å²) < 4.78 is 0. The molecule has 1 aliphatic rings. The van der Waals surface area contributed by atoms with Crippen molar-refractivity contribution in [1.82, 2.24) is 10.2 Å². The molecule has 1 aromatic rings. The fourth-order valence-corrected chi connectivity index (χ4v) is 2.85. The van der Waals surface area contributed by atoms with Crippen LogP contribution >= 0.6 is 23.2 Å². The maximum atomic E-state index is 11.8. The molecule has 1 aromatic carbocycles. The second kappa shape index (κ2) is 6.43. The van der Waals surface area contributed by atoms with E-state index >= 15 is 0 Å². The zero-order valence-corrected chi connectivity index (χ0v) is 12.1. The van der Waals surface area contributed by atoms with Crippen molar-refractivity contribution in [3.63, 3.8) is 0 Å². The molecule has 2 rings (SSSR count). The molecular formula is C13H14Cl2N2O3. The SMILES string of the molecule is O=C(O)CC1C(=O)NCCN1Cc1cc(Cl)cc(Cl)c1. The number of piperazine rings is 1. The van der Waals surface area contributed by atoms with Crippen LogP contribution < -0.4 is 5.32 Å². The van der Waals surface area contributed by atoms with E-state index in [-0.39, 0.29) is 12.3 Å². The van der Waals surface area contributed by atoms with Crippen LogP contribution in [-0.2, 0) is 16.1 Å². The number of benzene rings is 1. The number of aliphatic carboxylic acids is 1. The minimum atomic E-state index is -0.999. The van der Waals surface area contributed by atoms with Crippen LogP contribution in [0.25, 0.3) is 0 Å². The number of hydrogen-bond donors (Lipinski definition) is 2. The Bertz CT molecular complexity index is 516. The number of hydrogen-bond acceptors (Lipinski definition) is 3. The van der Waals surface area contributed by atoms with Crippen LogP contribution in [0.15, 0.2) is 18.2 Å². The third-order valence-corrected chi connectivity index (χ3v) is 3.55. The van der Waals surface area contributed by atoms with Crippen molar-refractivity contribution < 1.29 is 14.7 Å². The molecule has 1 saturated heterocycles. The van der Waals surface area contributed by atoms with Gasteiger partial charge in [0, 0.05) is 29.7 Å². The van der Waals surface area contributed by atoms with E-state index in [1.165, 1.54) is 0 Å². The van der Waals surface area contributed by atoms with Gasteiger partial charge in [0.2, 0.25) is 5.91 Å². The monoisotopic (exact) mass is 316 g/mol. The Morgan fingerprint density at radius 3 is 2.60 bits per heavy atom. The molecule has 0 bridgehead atoms. The average molecular weight is 317 g/mol. The lowest BCUT2D eigenvalue weighted by Crippen LogP contribution is -2.55. The maximum absolute atomic E-state index is 11.8. The highest BCUT2D eigenvalue weighted by atomic mass is 35.5. The van der Waals surface area contributed by atoms with E-state index in [2.05, 4.69) is 5.32 Å². The van der Waals surface area contributed by atoms with Crippen molar-refractivity contribution in [3.8, 4) is 0 Å². The highest BCUT2D eigenvalue weighted by molar-refractivity contribution is 6.34. The van der Waals surface area contributed by atoms with Crippen molar-refractivity contribution in [2.45, 2.75) is 19.0 Å². The molecule has 0 aliphatic carbocycles. The molecule has 7 heteroatoms. The summed E-state index contributed by atoms with van der Waals surface area (Å²) in [6.07, 6.45) is -0.222. The number of amides is 1. The Labute approximate surface area is 126 Å². The number of carboxylic acid groups (broad SMARTS) is 1. The van der Waals surface area contributed by atoms with E-state index in [1.54, 1.807) is 18.2 Å². The van der Waals surface area contributed by atoms with Crippen LogP contribution in [0.1, 0.15) is 12.0 Å². The van der Waals surface area contributed by atoms with Gasteiger partial charge in [-0.15, -0.1) is 0 Å². The van der Waals surface area contributed by atoms with Crippen LogP contribution in [0.4, 0.5) is 0 Å². The predicted octanol–water partition coefficient (Wildman–Crippen LogP) is 1.77. The Morgan fingerprint density at radius 1 is 1.35 bits per heavy atom. The first-order chi connectivity index (χ1) is 9.45. The van der Waals surface area contributed by atoms with E-state index in [9.17, 15) is 9.59 Å². The summed E-state index contributed by atoms with van der Waals surface area (Å²) >= 11 is 11.9. The average Bonchev–Trinajstić information content (AvgIpc) is 2.32. The zero-order valence-electron chi connectivity index (χ0n) is 10.6. The lowest BCUT2D eigenvalue weighted by Gasteiger charge is -2.34. The number of carboxylic acids is 1. The number of nitrogens with one attached hydrogen (secondary N) is 1. The van der Waals surface area contributed by atoms with Crippen LogP contribution in [-0.4, -0.2) is 41.0 Å². The van der Waals surface area contributed by atoms with Crippen molar-refractivity contribution >= 4 is 35.1 Å². The number of rotatable bonds is 4. The van der Waals surface area contributed by atoms with Gasteiger partial charge in [0.15, 0.2) is 0 Å². The molecule has 1 aliphatic heterocycles. The second-order valence-corrected chi connectivity index (χ2v) is 5.53. The Kier molecular flexibility index (Phi) is 4.86. The standard InChI is InChI=1S/C13H14Cl2N2O3/c14-9-3-8(4-10(15)5-9)7-17-2-1-16-13(20)11(17)6-12(18)19/h3-5,11H,1-2,6-7H2,(H,16,20)(H,18,19). The van der Waals surface area contributed by atoms with Gasteiger partial charge in [-0.25, -0.2) is 0 Å². The lowest BCUT2D eigenvalue weighted by atomic mass is 10.1. The molecule has 1 atom stereocenters. The number of carbonyl (C=O) groups excluding carboxylic acids is 1. The molecule has 0 aromatic heterocycles. The van der Waals surface area contributed by atoms with Crippen molar-refractivity contribution in [3.05, 3.63) is 33.8 Å². The van der Waals surface area contributed by atoms with E-state index in [0.717, 1.165) is 5.56 Å². The molecule has 0 saturated carbocycles. The van der Waals surface area contributed by atoms with E-state index in [1.807, 2.05) is 4.90 Å². The first-order valence-corrected chi connectivity index (χ1v) is 6.90. The molecule has 0 radical (unpaired) electrons. The molecule has 108 valence electrons. The molecule has 2 N–H and O–H groups in total. The Balaban J connectivity index is 2.16. The second-order valence-electron chi connectivity index (χ2n) is 4.65. The zero-order chi connectivity index (χ0) is 14.7. The molecular weight excluding hydrogens is 303 g/mol. The molecule has 0 spiro atoms. The minimum Gasteiger partial charge on any atom is -0.481 e. The van der Waals surface area contributed by atoms with Crippen LogP contribution in [0, 0.1) is 0 Å². The van der Waals surface area contributed by atoms with Crippen molar-refractivity contribution in [2.75, 3.05) is 13.1 Å². The largest absolute Gasteiger partial charge is 0.481 e. The van der Waals surface area contributed by atoms with Gasteiger partial charge in [0.05, 0.1) is 6.42 Å². The number of halogens is 2. The first-order valence-electron chi connectivity index (χ1n) is 6.14. The van der Waals surface area contributed by atoms with Gasteiger partial charge >= 0.3 is 5.97 Å². The van der Waals surface area contributed by atoms with E-state index < -0.39 is 12.0 Å². The third-order valence-electron chi connectivity index (χ3n) is 3.12. The quantitative estimate of drug-likeness (QED) is 0.888. The smallest absolute Gasteiger partial charge is 0.305 e. The van der Waals surface area contributed by atoms with Gasteiger partial charge < -0.3 is 10.4 Å². The van der Waals surface area contributed by atoms with Crippen molar-refractivity contribution in [2.24, 2.45) is 0 Å². The molecule has 1 amide bonds. The highest BCUT2D eigenvalue weighted by Gasteiger charge is 2.31. The summed E-state index contributed by atoms with van der Waals surface area (Å²) in [5.74, 6) is -1.26. The van der Waals surface area contributed by atoms with Crippen LogP contribution in [0.3, 0.4) is 0 Å². The fraction of sp³-hybridized carbons (Fsp3) is 0.385. The predicted molar refractivity (Wildman–Crippen MR) is 75.9 cm³/mol. The van der Waals surface area contributed by atoms with Gasteiger partial charge in [-0.3, -0.25) is 14.5 Å². The molecule has 5 nitrogen and oxygen atoms in total. The number of carbonyl (C=O) groups is 2. The third kappa shape index (κ3) is 3.85. The summed E-state index contributed by atoms with van der Waals surface area (Å²) in [4.78, 5) is 24.5. The summed E-state index contributed by atoms with van der Waals surface area (Å²) in [6.45, 7) is 1.53. The van der Waals surface area contributed by atoms with Gasteiger partial charge in [0.25, 0.3) is 0 Å². The summed E-state index contributed by atoms with van der Waals surface area (Å²) in [6, 6.07) is 4.48. The molecule has 1 heterocycles. The topological polar surface area (TPSA) is 69.6 Å².